The number of halogens is 1. The number of fused-ring (bicyclic) bond motifs is 3. The number of nitrogens with one attached hydrogen (secondary N) is 1. The fourth-order valence-corrected chi connectivity index (χ4v) is 5.64. The second-order valence-corrected chi connectivity index (χ2v) is 10.8. The fourth-order valence-electron chi connectivity index (χ4n) is 3.84. The standard InChI is InChI=1S/C21H16ClN3O3S2/c1-30(27,28)12-6-8-17-18(10-12)29-21(24-17)25-20(26)19-13-3-2-4-15(13)23-16-7-5-11(22)9-14(16)19/h5-10H,2-4H2,1H3,(H,24,25,26). The molecule has 1 aliphatic rings. The second kappa shape index (κ2) is 7.01. The van der Waals surface area contributed by atoms with Crippen LogP contribution in [0.5, 0.6) is 0 Å². The molecule has 0 atom stereocenters. The SMILES string of the molecule is CS(=O)(=O)c1ccc2nc(NC(=O)c3c4c(nc5ccc(Cl)cc35)CCC4)sc2c1. The molecule has 2 aromatic heterocycles. The number of carbonyl (C=O) groups is 1. The molecule has 6 nitrogen and oxygen atoms in total. The Morgan fingerprint density at radius 2 is 1.90 bits per heavy atom. The topological polar surface area (TPSA) is 89.0 Å². The summed E-state index contributed by atoms with van der Waals surface area (Å²) in [5.41, 5.74) is 3.88. The third kappa shape index (κ3) is 3.34. The third-order valence-electron chi connectivity index (χ3n) is 5.21. The number of pyridine rings is 1. The van der Waals surface area contributed by atoms with Crippen LogP contribution in [0.1, 0.15) is 28.0 Å². The molecule has 9 heteroatoms. The van der Waals surface area contributed by atoms with E-state index in [9.17, 15) is 13.2 Å². The molecule has 152 valence electrons. The lowest BCUT2D eigenvalue weighted by molar-refractivity contribution is 0.102. The van der Waals surface area contributed by atoms with E-state index < -0.39 is 9.84 Å². The first-order valence-electron chi connectivity index (χ1n) is 9.32. The lowest BCUT2D eigenvalue weighted by Gasteiger charge is -2.12. The third-order valence-corrected chi connectivity index (χ3v) is 7.49. The zero-order valence-corrected chi connectivity index (χ0v) is 18.3. The van der Waals surface area contributed by atoms with Crippen LogP contribution < -0.4 is 5.32 Å². The van der Waals surface area contributed by atoms with Crippen molar-refractivity contribution in [1.29, 1.82) is 0 Å². The first-order valence-corrected chi connectivity index (χ1v) is 12.4. The Hall–Kier alpha value is -2.55. The summed E-state index contributed by atoms with van der Waals surface area (Å²) in [5.74, 6) is -0.259. The van der Waals surface area contributed by atoms with Crippen LogP contribution in [0, 0.1) is 0 Å². The molecule has 0 aliphatic heterocycles. The molecule has 1 amide bonds. The molecule has 0 bridgehead atoms. The van der Waals surface area contributed by atoms with E-state index in [-0.39, 0.29) is 10.8 Å². The highest BCUT2D eigenvalue weighted by atomic mass is 35.5. The van der Waals surface area contributed by atoms with Crippen molar-refractivity contribution in [3.8, 4) is 0 Å². The van der Waals surface area contributed by atoms with Crippen LogP contribution >= 0.6 is 22.9 Å². The maximum Gasteiger partial charge on any atom is 0.258 e. The summed E-state index contributed by atoms with van der Waals surface area (Å²) < 4.78 is 24.3. The van der Waals surface area contributed by atoms with E-state index in [1.54, 1.807) is 24.3 Å². The maximum atomic E-state index is 13.3. The molecular formula is C21H16ClN3O3S2. The van der Waals surface area contributed by atoms with Crippen LogP contribution in [0.25, 0.3) is 21.1 Å². The quantitative estimate of drug-likeness (QED) is 0.484. The minimum absolute atomic E-state index is 0.226. The Labute approximate surface area is 181 Å². The van der Waals surface area contributed by atoms with Gasteiger partial charge in [0.1, 0.15) is 0 Å². The molecule has 30 heavy (non-hydrogen) atoms. The number of aryl methyl sites for hydroxylation is 1. The van der Waals surface area contributed by atoms with Gasteiger partial charge in [-0.05, 0) is 61.2 Å². The van der Waals surface area contributed by atoms with Crippen LogP contribution in [0.3, 0.4) is 0 Å². The lowest BCUT2D eigenvalue weighted by Crippen LogP contribution is -2.15. The van der Waals surface area contributed by atoms with Crippen molar-refractivity contribution in [2.24, 2.45) is 0 Å². The number of aromatic nitrogens is 2. The van der Waals surface area contributed by atoms with Crippen LogP contribution in [0.2, 0.25) is 5.02 Å². The minimum atomic E-state index is -3.31. The van der Waals surface area contributed by atoms with Gasteiger partial charge in [-0.2, -0.15) is 0 Å². The first kappa shape index (κ1) is 19.4. The van der Waals surface area contributed by atoms with Gasteiger partial charge in [-0.25, -0.2) is 13.4 Å². The fraction of sp³-hybridized carbons (Fsp3) is 0.190. The molecule has 5 rings (SSSR count). The van der Waals surface area contributed by atoms with Gasteiger partial charge in [0.05, 0.1) is 26.2 Å². The van der Waals surface area contributed by atoms with Gasteiger partial charge in [-0.15, -0.1) is 0 Å². The number of thiazole rings is 1. The average Bonchev–Trinajstić information content (AvgIpc) is 3.30. The van der Waals surface area contributed by atoms with Gasteiger partial charge >= 0.3 is 0 Å². The summed E-state index contributed by atoms with van der Waals surface area (Å²) in [7, 11) is -3.31. The van der Waals surface area contributed by atoms with Gasteiger partial charge < -0.3 is 0 Å². The van der Waals surface area contributed by atoms with E-state index in [1.807, 2.05) is 6.07 Å². The van der Waals surface area contributed by atoms with Gasteiger partial charge in [0.15, 0.2) is 15.0 Å². The number of benzene rings is 2. The number of sulfone groups is 1. The predicted octanol–water partition coefficient (Wildman–Crippen LogP) is 4.64. The number of amides is 1. The highest BCUT2D eigenvalue weighted by Gasteiger charge is 2.24. The molecule has 0 unspecified atom stereocenters. The average molecular weight is 458 g/mol. The lowest BCUT2D eigenvalue weighted by atomic mass is 10.0. The summed E-state index contributed by atoms with van der Waals surface area (Å²) in [4.78, 5) is 22.7. The number of anilines is 1. The van der Waals surface area contributed by atoms with Gasteiger partial charge in [0.2, 0.25) is 0 Å². The van der Waals surface area contributed by atoms with Crippen LogP contribution in [0.4, 0.5) is 5.13 Å². The van der Waals surface area contributed by atoms with Crippen molar-refractivity contribution in [3.63, 3.8) is 0 Å². The van der Waals surface area contributed by atoms with Gasteiger partial charge in [-0.1, -0.05) is 22.9 Å². The van der Waals surface area contributed by atoms with Crippen molar-refractivity contribution in [3.05, 3.63) is 58.2 Å². The molecule has 0 saturated carbocycles. The summed E-state index contributed by atoms with van der Waals surface area (Å²) >= 11 is 7.44. The number of hydrogen-bond donors (Lipinski definition) is 1. The highest BCUT2D eigenvalue weighted by molar-refractivity contribution is 7.90. The maximum absolute atomic E-state index is 13.3. The van der Waals surface area contributed by atoms with Crippen LogP contribution in [-0.4, -0.2) is 30.5 Å². The van der Waals surface area contributed by atoms with E-state index in [2.05, 4.69) is 10.3 Å². The molecule has 0 saturated heterocycles. The van der Waals surface area contributed by atoms with Crippen LogP contribution in [0.15, 0.2) is 41.3 Å². The Bertz CT molecular complexity index is 1460. The molecule has 0 radical (unpaired) electrons. The zero-order chi connectivity index (χ0) is 21.0. The number of nitrogens with zero attached hydrogens (tertiary/aromatic N) is 2. The van der Waals surface area contributed by atoms with Crippen molar-refractivity contribution in [2.45, 2.75) is 24.2 Å². The van der Waals surface area contributed by atoms with E-state index in [0.29, 0.717) is 25.9 Å². The second-order valence-electron chi connectivity index (χ2n) is 7.30. The molecule has 1 aliphatic carbocycles. The minimum Gasteiger partial charge on any atom is -0.298 e. The normalized spacial score (nSPS) is 13.7. The molecule has 2 aromatic carbocycles. The Kier molecular flexibility index (Phi) is 4.53. The number of hydrogen-bond acceptors (Lipinski definition) is 6. The highest BCUT2D eigenvalue weighted by Crippen LogP contribution is 2.33. The monoisotopic (exact) mass is 457 g/mol. The Morgan fingerprint density at radius 1 is 1.10 bits per heavy atom. The number of rotatable bonds is 3. The molecule has 0 spiro atoms. The summed E-state index contributed by atoms with van der Waals surface area (Å²) in [6, 6.07) is 10.1. The Morgan fingerprint density at radius 3 is 2.70 bits per heavy atom. The van der Waals surface area contributed by atoms with Gasteiger partial charge in [0, 0.05) is 22.4 Å². The Balaban J connectivity index is 1.57. The number of carbonyl (C=O) groups excluding carboxylic acids is 1. The van der Waals surface area contributed by atoms with Crippen molar-refractivity contribution in [2.75, 3.05) is 11.6 Å². The molecular weight excluding hydrogens is 442 g/mol. The molecule has 0 fully saturated rings. The summed E-state index contributed by atoms with van der Waals surface area (Å²) in [6.45, 7) is 0. The van der Waals surface area contributed by atoms with Gasteiger partial charge in [-0.3, -0.25) is 15.1 Å². The zero-order valence-electron chi connectivity index (χ0n) is 15.9. The van der Waals surface area contributed by atoms with Crippen molar-refractivity contribution in [1.82, 2.24) is 9.97 Å². The van der Waals surface area contributed by atoms with Crippen molar-refractivity contribution >= 4 is 64.9 Å². The summed E-state index contributed by atoms with van der Waals surface area (Å²) in [6.07, 6.45) is 3.77. The van der Waals surface area contributed by atoms with E-state index in [0.717, 1.165) is 47.7 Å². The molecule has 4 aromatic rings. The smallest absolute Gasteiger partial charge is 0.258 e. The first-order chi connectivity index (χ1) is 14.3. The van der Waals surface area contributed by atoms with E-state index in [1.165, 1.54) is 17.4 Å². The van der Waals surface area contributed by atoms with E-state index >= 15 is 0 Å². The van der Waals surface area contributed by atoms with Crippen LogP contribution in [-0.2, 0) is 22.7 Å². The molecule has 2 heterocycles. The van der Waals surface area contributed by atoms with Crippen molar-refractivity contribution < 1.29 is 13.2 Å². The largest absolute Gasteiger partial charge is 0.298 e. The summed E-state index contributed by atoms with van der Waals surface area (Å²) in [5, 5.41) is 4.58. The predicted molar refractivity (Wildman–Crippen MR) is 119 cm³/mol. The molecule has 1 N–H and O–H groups in total. The van der Waals surface area contributed by atoms with E-state index in [4.69, 9.17) is 16.6 Å². The van der Waals surface area contributed by atoms with Gasteiger partial charge in [0.25, 0.3) is 5.91 Å².